The highest BCUT2D eigenvalue weighted by Crippen LogP contribution is 2.29. The van der Waals surface area contributed by atoms with Crippen LogP contribution in [0.4, 0.5) is 10.1 Å². The molecular formula is C18H18Cl2N8O9S3. The van der Waals surface area contributed by atoms with Crippen LogP contribution in [0.3, 0.4) is 0 Å². The maximum absolute atomic E-state index is 13.3. The molecule has 1 saturated heterocycles. The number of anilines is 2. The van der Waals surface area contributed by atoms with Gasteiger partial charge in [-0.25, -0.2) is 14.3 Å². The molecule has 40 heavy (non-hydrogen) atoms. The summed E-state index contributed by atoms with van der Waals surface area (Å²) in [4.78, 5) is 74.7. The van der Waals surface area contributed by atoms with Crippen molar-refractivity contribution in [2.24, 2.45) is 5.16 Å². The van der Waals surface area contributed by atoms with E-state index in [4.69, 9.17) is 32.6 Å². The number of β-lactam (4-membered cyclic amide) rings is 1. The number of carbonyl (C=O) groups is 5. The van der Waals surface area contributed by atoms with E-state index < -0.39 is 64.2 Å². The molecule has 5 amide bonds. The standard InChI is InChI=1S/C18H18Cl2N8O9S3/c1-6(29)21-15-12(26-17(20)39-15)11(27-37-2)14(32)25-10(8-5-38-18(23-8)24-9(30)3-19)13(31)22-7-4-28(16(7)33)40(34,35)36/h5,7,10H,3-4H2,1-2H3,(H,21,29)(H,22,31)(H,25,32)(H,23,24,30)(H,34,35,36). The van der Waals surface area contributed by atoms with Gasteiger partial charge in [0.1, 0.15) is 29.7 Å². The Kier molecular flexibility index (Phi) is 9.97. The molecule has 216 valence electrons. The molecule has 3 heterocycles. The van der Waals surface area contributed by atoms with Crippen LogP contribution < -0.4 is 21.3 Å². The summed E-state index contributed by atoms with van der Waals surface area (Å²) in [6.07, 6.45) is 0. The van der Waals surface area contributed by atoms with Gasteiger partial charge >= 0.3 is 10.3 Å². The normalized spacial score (nSPS) is 16.0. The minimum Gasteiger partial charge on any atom is -0.398 e. The van der Waals surface area contributed by atoms with Crippen LogP contribution in [0.1, 0.15) is 24.4 Å². The Morgan fingerprint density at radius 2 is 2.00 bits per heavy atom. The Morgan fingerprint density at radius 3 is 2.58 bits per heavy atom. The number of carbonyl (C=O) groups excluding carboxylic acids is 5. The number of aromatic nitrogens is 2. The molecular weight excluding hydrogens is 639 g/mol. The summed E-state index contributed by atoms with van der Waals surface area (Å²) in [5.74, 6) is -4.68. The van der Waals surface area contributed by atoms with E-state index in [2.05, 4.69) is 36.4 Å². The van der Waals surface area contributed by atoms with Crippen molar-refractivity contribution in [1.82, 2.24) is 24.9 Å². The number of amides is 5. The summed E-state index contributed by atoms with van der Waals surface area (Å²) in [5.41, 5.74) is -0.792. The second kappa shape index (κ2) is 12.8. The number of nitrogens with zero attached hydrogens (tertiary/aromatic N) is 4. The largest absolute Gasteiger partial charge is 0.398 e. The number of rotatable bonds is 11. The molecule has 0 aromatic carbocycles. The van der Waals surface area contributed by atoms with Gasteiger partial charge in [0.2, 0.25) is 17.7 Å². The second-order valence-corrected chi connectivity index (χ2v) is 11.6. The number of hydrogen-bond donors (Lipinski definition) is 5. The highest BCUT2D eigenvalue weighted by Gasteiger charge is 2.45. The zero-order chi connectivity index (χ0) is 29.8. The quantitative estimate of drug-likeness (QED) is 0.0693. The minimum absolute atomic E-state index is 0.0231. The molecule has 22 heteroatoms. The number of halogens is 2. The van der Waals surface area contributed by atoms with Crippen LogP contribution in [-0.4, -0.2) is 88.1 Å². The summed E-state index contributed by atoms with van der Waals surface area (Å²) in [7, 11) is -3.70. The van der Waals surface area contributed by atoms with Gasteiger partial charge in [0.05, 0.1) is 12.2 Å². The van der Waals surface area contributed by atoms with Crippen LogP contribution in [0.25, 0.3) is 0 Å². The van der Waals surface area contributed by atoms with Crippen molar-refractivity contribution in [2.45, 2.75) is 19.0 Å². The van der Waals surface area contributed by atoms with Crippen LogP contribution in [-0.2, 0) is 39.1 Å². The number of hydrogen-bond acceptors (Lipinski definition) is 13. The summed E-state index contributed by atoms with van der Waals surface area (Å²) in [6.45, 7) is 0.644. The van der Waals surface area contributed by atoms with Gasteiger partial charge in [-0.1, -0.05) is 28.1 Å². The van der Waals surface area contributed by atoms with Crippen molar-refractivity contribution < 1.29 is 41.8 Å². The Morgan fingerprint density at radius 1 is 1.30 bits per heavy atom. The zero-order valence-electron chi connectivity index (χ0n) is 20.1. The average Bonchev–Trinajstić information content (AvgIpc) is 3.47. The molecule has 2 unspecified atom stereocenters. The lowest BCUT2D eigenvalue weighted by Crippen LogP contribution is -2.66. The molecule has 2 atom stereocenters. The van der Waals surface area contributed by atoms with E-state index in [1.807, 2.05) is 0 Å². The molecule has 2 aromatic rings. The fourth-order valence-electron chi connectivity index (χ4n) is 3.05. The van der Waals surface area contributed by atoms with E-state index >= 15 is 0 Å². The van der Waals surface area contributed by atoms with E-state index in [1.54, 1.807) is 0 Å². The van der Waals surface area contributed by atoms with Crippen molar-refractivity contribution in [2.75, 3.05) is 30.2 Å². The lowest BCUT2D eigenvalue weighted by atomic mass is 10.1. The van der Waals surface area contributed by atoms with Crippen LogP contribution in [0.2, 0.25) is 4.47 Å². The van der Waals surface area contributed by atoms with Crippen molar-refractivity contribution in [3.05, 3.63) is 21.2 Å². The predicted octanol–water partition coefficient (Wildman–Crippen LogP) is -0.273. The molecule has 1 aliphatic heterocycles. The van der Waals surface area contributed by atoms with Gasteiger partial charge in [0.25, 0.3) is 11.8 Å². The van der Waals surface area contributed by atoms with Gasteiger partial charge < -0.3 is 26.1 Å². The molecule has 5 N–H and O–H groups in total. The molecule has 17 nitrogen and oxygen atoms in total. The monoisotopic (exact) mass is 656 g/mol. The summed E-state index contributed by atoms with van der Waals surface area (Å²) in [6, 6.07) is -2.99. The summed E-state index contributed by atoms with van der Waals surface area (Å²) < 4.78 is 31.5. The highest BCUT2D eigenvalue weighted by molar-refractivity contribution is 7.84. The predicted molar refractivity (Wildman–Crippen MR) is 143 cm³/mol. The topological polar surface area (TPSA) is 238 Å². The highest BCUT2D eigenvalue weighted by atomic mass is 35.5. The third kappa shape index (κ3) is 7.40. The third-order valence-electron chi connectivity index (χ3n) is 4.72. The Labute approximate surface area is 243 Å². The number of oxime groups is 1. The van der Waals surface area contributed by atoms with Gasteiger partial charge in [0, 0.05) is 12.3 Å². The Hall–Kier alpha value is -3.43. The van der Waals surface area contributed by atoms with Crippen LogP contribution >= 0.6 is 45.9 Å². The summed E-state index contributed by atoms with van der Waals surface area (Å²) >= 11 is 13.1. The van der Waals surface area contributed by atoms with E-state index in [9.17, 15) is 32.4 Å². The first-order valence-corrected chi connectivity index (χ1v) is 14.5. The number of nitrogens with one attached hydrogen (secondary N) is 4. The Balaban J connectivity index is 1.92. The maximum atomic E-state index is 13.3. The van der Waals surface area contributed by atoms with Gasteiger partial charge in [0.15, 0.2) is 21.4 Å². The third-order valence-corrected chi connectivity index (χ3v) is 7.70. The molecule has 1 fully saturated rings. The first-order valence-electron chi connectivity index (χ1n) is 10.5. The number of alkyl halides is 1. The van der Waals surface area contributed by atoms with E-state index in [0.29, 0.717) is 0 Å². The van der Waals surface area contributed by atoms with Gasteiger partial charge in [-0.05, 0) is 0 Å². The van der Waals surface area contributed by atoms with Crippen LogP contribution in [0, 0.1) is 0 Å². The van der Waals surface area contributed by atoms with Gasteiger partial charge in [-0.3, -0.25) is 28.5 Å². The SMILES string of the molecule is CON=C(C(=O)NC(C(=O)NC1CN(S(=O)(=O)O)C1=O)c1csc(NC(=O)CCl)n1)c1nc(Cl)sc1NC(C)=O. The second-order valence-electron chi connectivity index (χ2n) is 7.52. The zero-order valence-corrected chi connectivity index (χ0v) is 24.1. The summed E-state index contributed by atoms with van der Waals surface area (Å²) in [5, 5.41) is 14.5. The fourth-order valence-corrected chi connectivity index (χ4v) is 5.62. The average molecular weight is 657 g/mol. The fraction of sp³-hybridized carbons (Fsp3) is 0.333. The smallest absolute Gasteiger partial charge is 0.362 e. The van der Waals surface area contributed by atoms with Gasteiger partial charge in [-0.15, -0.1) is 22.9 Å². The molecule has 2 aromatic heterocycles. The van der Waals surface area contributed by atoms with E-state index in [0.717, 1.165) is 29.8 Å². The molecule has 0 saturated carbocycles. The number of thiazole rings is 2. The lowest BCUT2D eigenvalue weighted by Gasteiger charge is -2.35. The minimum atomic E-state index is -4.82. The maximum Gasteiger partial charge on any atom is 0.362 e. The lowest BCUT2D eigenvalue weighted by molar-refractivity contribution is -0.141. The van der Waals surface area contributed by atoms with Crippen molar-refractivity contribution in [1.29, 1.82) is 0 Å². The Bertz CT molecular complexity index is 1490. The van der Waals surface area contributed by atoms with Crippen LogP contribution in [0.15, 0.2) is 10.5 Å². The molecule has 1 aliphatic rings. The first-order chi connectivity index (χ1) is 18.7. The molecule has 0 radical (unpaired) electrons. The van der Waals surface area contributed by atoms with Crippen LogP contribution in [0.5, 0.6) is 0 Å². The molecule has 3 rings (SSSR count). The van der Waals surface area contributed by atoms with Gasteiger partial charge in [-0.2, -0.15) is 8.42 Å². The van der Waals surface area contributed by atoms with E-state index in [-0.39, 0.29) is 36.2 Å². The first kappa shape index (κ1) is 31.1. The van der Waals surface area contributed by atoms with Crippen molar-refractivity contribution in [3.63, 3.8) is 0 Å². The van der Waals surface area contributed by atoms with Crippen molar-refractivity contribution in [3.8, 4) is 0 Å². The molecule has 0 spiro atoms. The molecule has 0 aliphatic carbocycles. The van der Waals surface area contributed by atoms with Crippen molar-refractivity contribution >= 4 is 102 Å². The van der Waals surface area contributed by atoms with E-state index in [1.165, 1.54) is 12.3 Å². The molecule has 0 bridgehead atoms.